The molecule has 1 aromatic heterocycles. The van der Waals surface area contributed by atoms with Crippen LogP contribution in [0, 0.1) is 0 Å². The summed E-state index contributed by atoms with van der Waals surface area (Å²) >= 11 is 0. The second-order valence-corrected chi connectivity index (χ2v) is 10.5. The molecule has 3 aromatic carbocycles. The van der Waals surface area contributed by atoms with E-state index in [1.165, 1.54) is 5.56 Å². The third-order valence-electron chi connectivity index (χ3n) is 7.87. The lowest BCUT2D eigenvalue weighted by atomic mass is 10.0. The van der Waals surface area contributed by atoms with Gasteiger partial charge in [-0.1, -0.05) is 60.7 Å². The highest BCUT2D eigenvalue weighted by atomic mass is 16.2. The molecule has 1 fully saturated rings. The molecular weight excluding hydrogens is 484 g/mol. The third kappa shape index (κ3) is 5.52. The Balaban J connectivity index is 1.11. The maximum absolute atomic E-state index is 13.5. The number of fused-ring (bicyclic) bond motifs is 1. The number of anilines is 2. The van der Waals surface area contributed by atoms with E-state index in [4.69, 9.17) is 0 Å². The van der Waals surface area contributed by atoms with Crippen molar-refractivity contribution in [2.45, 2.75) is 32.4 Å². The number of rotatable bonds is 7. The predicted molar refractivity (Wildman–Crippen MR) is 156 cm³/mol. The summed E-state index contributed by atoms with van der Waals surface area (Å²) in [6.45, 7) is 5.67. The highest BCUT2D eigenvalue weighted by molar-refractivity contribution is 6.47. The van der Waals surface area contributed by atoms with Crippen LogP contribution in [-0.4, -0.2) is 47.3 Å². The van der Waals surface area contributed by atoms with E-state index in [0.717, 1.165) is 81.0 Å². The molecule has 6 rings (SSSR count). The first-order valence-corrected chi connectivity index (χ1v) is 13.9. The van der Waals surface area contributed by atoms with Gasteiger partial charge < -0.3 is 14.8 Å². The molecule has 0 saturated carbocycles. The van der Waals surface area contributed by atoms with E-state index < -0.39 is 11.7 Å². The van der Waals surface area contributed by atoms with Gasteiger partial charge in [-0.05, 0) is 60.7 Å². The summed E-state index contributed by atoms with van der Waals surface area (Å²) in [5, 5.41) is 2.85. The van der Waals surface area contributed by atoms with Crippen LogP contribution in [0.5, 0.6) is 0 Å². The Hall–Kier alpha value is -4.16. The van der Waals surface area contributed by atoms with Crippen molar-refractivity contribution >= 4 is 23.1 Å². The molecule has 0 radical (unpaired) electrons. The van der Waals surface area contributed by atoms with Crippen LogP contribution in [0.15, 0.2) is 91.0 Å². The highest BCUT2D eigenvalue weighted by Crippen LogP contribution is 2.31. The number of benzene rings is 3. The van der Waals surface area contributed by atoms with E-state index in [2.05, 4.69) is 51.5 Å². The number of carbonyl (C=O) groups is 2. The van der Waals surface area contributed by atoms with Gasteiger partial charge in [0.15, 0.2) is 0 Å². The van der Waals surface area contributed by atoms with Crippen LogP contribution < -0.4 is 10.2 Å². The van der Waals surface area contributed by atoms with E-state index in [1.54, 1.807) is 0 Å². The molecule has 6 heteroatoms. The van der Waals surface area contributed by atoms with Gasteiger partial charge in [-0.2, -0.15) is 0 Å². The molecule has 4 aromatic rings. The van der Waals surface area contributed by atoms with Crippen molar-refractivity contribution in [2.75, 3.05) is 36.4 Å². The third-order valence-corrected chi connectivity index (χ3v) is 7.87. The van der Waals surface area contributed by atoms with Gasteiger partial charge in [0, 0.05) is 61.9 Å². The minimum absolute atomic E-state index is 0.486. The van der Waals surface area contributed by atoms with Crippen LogP contribution in [0.2, 0.25) is 0 Å². The molecule has 1 amide bonds. The van der Waals surface area contributed by atoms with Crippen LogP contribution in [0.3, 0.4) is 0 Å². The molecule has 3 heterocycles. The number of Topliss-reactive ketones (excluding diaryl/α,β-unsaturated/α-hetero) is 1. The smallest absolute Gasteiger partial charge is 0.298 e. The fourth-order valence-electron chi connectivity index (χ4n) is 5.78. The summed E-state index contributed by atoms with van der Waals surface area (Å²) in [7, 11) is 0. The lowest BCUT2D eigenvalue weighted by Crippen LogP contribution is -2.45. The quantitative estimate of drug-likeness (QED) is 0.254. The van der Waals surface area contributed by atoms with Gasteiger partial charge >= 0.3 is 0 Å². The van der Waals surface area contributed by atoms with Crippen LogP contribution >= 0.6 is 0 Å². The fourth-order valence-corrected chi connectivity index (χ4v) is 5.78. The Labute approximate surface area is 229 Å². The van der Waals surface area contributed by atoms with Crippen LogP contribution in [0.4, 0.5) is 11.4 Å². The van der Waals surface area contributed by atoms with Crippen LogP contribution in [-0.2, 0) is 24.3 Å². The molecule has 1 N–H and O–H groups in total. The maximum atomic E-state index is 13.5. The molecule has 0 bridgehead atoms. The fraction of sp³-hybridized carbons (Fsp3) is 0.273. The monoisotopic (exact) mass is 518 g/mol. The number of carbonyl (C=O) groups excluding carboxylic acids is 2. The van der Waals surface area contributed by atoms with Crippen molar-refractivity contribution < 1.29 is 9.59 Å². The molecule has 6 nitrogen and oxygen atoms in total. The summed E-state index contributed by atoms with van der Waals surface area (Å²) in [6.07, 6.45) is 3.04. The molecule has 1 saturated heterocycles. The standard InChI is InChI=1S/C33H34N4O2/c38-32(31-30(26-11-5-2-6-12-26)23-29-13-7-8-18-37(29)31)33(39)34-27-14-16-28(17-15-27)36-21-19-35(20-22-36)24-25-9-3-1-4-10-25/h1-6,9-12,14-17,23H,7-8,13,18-22,24H2,(H,34,39). The summed E-state index contributed by atoms with van der Waals surface area (Å²) in [5.41, 5.74) is 6.54. The minimum Gasteiger partial charge on any atom is -0.369 e. The molecule has 0 atom stereocenters. The molecule has 39 heavy (non-hydrogen) atoms. The zero-order valence-electron chi connectivity index (χ0n) is 22.2. The Kier molecular flexibility index (Phi) is 7.28. The van der Waals surface area contributed by atoms with E-state index in [9.17, 15) is 9.59 Å². The van der Waals surface area contributed by atoms with Crippen LogP contribution in [0.25, 0.3) is 11.1 Å². The van der Waals surface area contributed by atoms with Gasteiger partial charge in [0.1, 0.15) is 5.69 Å². The first-order valence-electron chi connectivity index (χ1n) is 13.9. The largest absolute Gasteiger partial charge is 0.369 e. The van der Waals surface area contributed by atoms with E-state index in [0.29, 0.717) is 11.4 Å². The van der Waals surface area contributed by atoms with Gasteiger partial charge in [-0.3, -0.25) is 14.5 Å². The number of hydrogen-bond donors (Lipinski definition) is 1. The average molecular weight is 519 g/mol. The van der Waals surface area contributed by atoms with Crippen molar-refractivity contribution in [2.24, 2.45) is 0 Å². The number of hydrogen-bond acceptors (Lipinski definition) is 4. The molecule has 2 aliphatic rings. The summed E-state index contributed by atoms with van der Waals surface area (Å²) in [5.74, 6) is -1.08. The normalized spacial score (nSPS) is 15.5. The van der Waals surface area contributed by atoms with Gasteiger partial charge in [0.2, 0.25) is 0 Å². The van der Waals surface area contributed by atoms with E-state index >= 15 is 0 Å². The molecule has 0 spiro atoms. The average Bonchev–Trinajstić information content (AvgIpc) is 3.38. The topological polar surface area (TPSA) is 57.6 Å². The molecule has 198 valence electrons. The van der Waals surface area contributed by atoms with Crippen molar-refractivity contribution in [3.8, 4) is 11.1 Å². The predicted octanol–water partition coefficient (Wildman–Crippen LogP) is 5.64. The Morgan fingerprint density at radius 2 is 1.44 bits per heavy atom. The molecule has 0 aliphatic carbocycles. The van der Waals surface area contributed by atoms with Gasteiger partial charge in [-0.25, -0.2) is 0 Å². The first-order chi connectivity index (χ1) is 19.2. The molecule has 2 aliphatic heterocycles. The van der Waals surface area contributed by atoms with Crippen LogP contribution in [0.1, 0.15) is 34.6 Å². The SMILES string of the molecule is O=C(Nc1ccc(N2CCN(Cc3ccccc3)CC2)cc1)C(=O)c1c(-c2ccccc2)cc2n1CCCC2. The zero-order valence-corrected chi connectivity index (χ0v) is 22.2. The second kappa shape index (κ2) is 11.3. The lowest BCUT2D eigenvalue weighted by molar-refractivity contribution is -0.112. The number of nitrogens with one attached hydrogen (secondary N) is 1. The van der Waals surface area contributed by atoms with Gasteiger partial charge in [-0.15, -0.1) is 0 Å². The number of piperazine rings is 1. The summed E-state index contributed by atoms with van der Waals surface area (Å²) in [4.78, 5) is 31.5. The Morgan fingerprint density at radius 3 is 2.15 bits per heavy atom. The number of ketones is 1. The second-order valence-electron chi connectivity index (χ2n) is 10.5. The summed E-state index contributed by atoms with van der Waals surface area (Å²) in [6, 6.07) is 30.4. The number of aromatic nitrogens is 1. The van der Waals surface area contributed by atoms with Crippen molar-refractivity contribution in [3.63, 3.8) is 0 Å². The molecular formula is C33H34N4O2. The summed E-state index contributed by atoms with van der Waals surface area (Å²) < 4.78 is 2.05. The van der Waals surface area contributed by atoms with E-state index in [-0.39, 0.29) is 0 Å². The highest BCUT2D eigenvalue weighted by Gasteiger charge is 2.28. The maximum Gasteiger partial charge on any atom is 0.298 e. The van der Waals surface area contributed by atoms with Crippen molar-refractivity contribution in [1.29, 1.82) is 0 Å². The lowest BCUT2D eigenvalue weighted by Gasteiger charge is -2.36. The number of aryl methyl sites for hydroxylation is 1. The van der Waals surface area contributed by atoms with Crippen molar-refractivity contribution in [1.82, 2.24) is 9.47 Å². The van der Waals surface area contributed by atoms with Gasteiger partial charge in [0.05, 0.1) is 0 Å². The first kappa shape index (κ1) is 25.1. The Bertz CT molecular complexity index is 1440. The number of amides is 1. The zero-order chi connectivity index (χ0) is 26.6. The van der Waals surface area contributed by atoms with E-state index in [1.807, 2.05) is 59.2 Å². The Morgan fingerprint density at radius 1 is 0.744 bits per heavy atom. The minimum atomic E-state index is -0.596. The van der Waals surface area contributed by atoms with Crippen molar-refractivity contribution in [3.05, 3.63) is 108 Å². The van der Waals surface area contributed by atoms with Gasteiger partial charge in [0.25, 0.3) is 11.7 Å². The molecule has 0 unspecified atom stereocenters. The number of nitrogens with zero attached hydrogens (tertiary/aromatic N) is 3.